The summed E-state index contributed by atoms with van der Waals surface area (Å²) in [6.45, 7) is 3.44. The van der Waals surface area contributed by atoms with Crippen LogP contribution in [0, 0.1) is 0 Å². The van der Waals surface area contributed by atoms with Gasteiger partial charge in [0, 0.05) is 13.1 Å². The van der Waals surface area contributed by atoms with Gasteiger partial charge in [-0.1, -0.05) is 30.3 Å². The van der Waals surface area contributed by atoms with E-state index in [1.807, 2.05) is 30.3 Å². The molecule has 0 spiro atoms. The fourth-order valence-electron chi connectivity index (χ4n) is 1.73. The van der Waals surface area contributed by atoms with Crippen LogP contribution < -0.4 is 4.72 Å². The van der Waals surface area contributed by atoms with Crippen LogP contribution in [0.4, 0.5) is 0 Å². The van der Waals surface area contributed by atoms with E-state index in [0.29, 0.717) is 6.42 Å². The van der Waals surface area contributed by atoms with E-state index in [1.54, 1.807) is 13.8 Å². The van der Waals surface area contributed by atoms with Gasteiger partial charge in [0.25, 0.3) is 10.2 Å². The molecule has 0 aliphatic carbocycles. The van der Waals surface area contributed by atoms with Crippen molar-refractivity contribution in [2.45, 2.75) is 38.8 Å². The minimum Gasteiger partial charge on any atom is -0.480 e. The lowest BCUT2D eigenvalue weighted by Gasteiger charge is -2.23. The van der Waals surface area contributed by atoms with Gasteiger partial charge in [-0.15, -0.1) is 0 Å². The number of carboxylic acid groups (broad SMARTS) is 1. The SMILES string of the molecule is CC(C)N(C)S(=O)(=O)NC(CCc1ccccc1)C(=O)O. The zero-order valence-electron chi connectivity index (χ0n) is 12.5. The summed E-state index contributed by atoms with van der Waals surface area (Å²) >= 11 is 0. The summed E-state index contributed by atoms with van der Waals surface area (Å²) in [4.78, 5) is 11.2. The first-order valence-corrected chi connectivity index (χ1v) is 8.20. The van der Waals surface area contributed by atoms with Gasteiger partial charge in [-0.25, -0.2) is 0 Å². The fourth-order valence-corrected chi connectivity index (χ4v) is 3.03. The molecule has 1 rings (SSSR count). The Morgan fingerprint density at radius 1 is 1.29 bits per heavy atom. The number of aliphatic carboxylic acids is 1. The van der Waals surface area contributed by atoms with Gasteiger partial charge in [0.15, 0.2) is 0 Å². The second-order valence-corrected chi connectivity index (χ2v) is 6.91. The van der Waals surface area contributed by atoms with Crippen molar-refractivity contribution in [2.75, 3.05) is 7.05 Å². The summed E-state index contributed by atoms with van der Waals surface area (Å²) in [7, 11) is -2.39. The summed E-state index contributed by atoms with van der Waals surface area (Å²) in [5, 5.41) is 9.19. The Balaban J connectivity index is 2.73. The molecule has 1 unspecified atom stereocenters. The smallest absolute Gasteiger partial charge is 0.321 e. The van der Waals surface area contributed by atoms with Crippen LogP contribution in [0.1, 0.15) is 25.8 Å². The maximum atomic E-state index is 12.0. The number of hydrogen-bond donors (Lipinski definition) is 2. The van der Waals surface area contributed by atoms with Crippen molar-refractivity contribution in [3.05, 3.63) is 35.9 Å². The molecule has 0 saturated heterocycles. The molecule has 21 heavy (non-hydrogen) atoms. The van der Waals surface area contributed by atoms with Gasteiger partial charge in [0.2, 0.25) is 0 Å². The molecule has 1 aromatic carbocycles. The minimum absolute atomic E-state index is 0.199. The third kappa shape index (κ3) is 5.45. The summed E-state index contributed by atoms with van der Waals surface area (Å²) in [5.41, 5.74) is 0.972. The number of aryl methyl sites for hydroxylation is 1. The van der Waals surface area contributed by atoms with Crippen molar-refractivity contribution in [1.29, 1.82) is 0 Å². The number of nitrogens with zero attached hydrogens (tertiary/aromatic N) is 1. The molecule has 6 nitrogen and oxygen atoms in total. The van der Waals surface area contributed by atoms with E-state index < -0.39 is 22.2 Å². The Hall–Kier alpha value is -1.44. The van der Waals surface area contributed by atoms with Crippen LogP contribution >= 0.6 is 0 Å². The van der Waals surface area contributed by atoms with Gasteiger partial charge < -0.3 is 5.11 Å². The Morgan fingerprint density at radius 3 is 2.33 bits per heavy atom. The molecule has 0 heterocycles. The Kier molecular flexibility index (Phi) is 6.32. The van der Waals surface area contributed by atoms with Gasteiger partial charge in [-0.3, -0.25) is 4.79 Å². The minimum atomic E-state index is -3.81. The third-order valence-corrected chi connectivity index (χ3v) is 5.02. The number of carboxylic acids is 1. The lowest BCUT2D eigenvalue weighted by atomic mass is 10.1. The van der Waals surface area contributed by atoms with Gasteiger partial charge in [0.05, 0.1) is 0 Å². The molecule has 0 amide bonds. The van der Waals surface area contributed by atoms with Crippen LogP contribution in [0.5, 0.6) is 0 Å². The van der Waals surface area contributed by atoms with Crippen molar-refractivity contribution >= 4 is 16.2 Å². The molecule has 0 fully saturated rings. The first-order valence-electron chi connectivity index (χ1n) is 6.76. The molecule has 1 aromatic rings. The van der Waals surface area contributed by atoms with Crippen LogP contribution in [0.3, 0.4) is 0 Å². The highest BCUT2D eigenvalue weighted by molar-refractivity contribution is 7.87. The van der Waals surface area contributed by atoms with Crippen LogP contribution in [-0.2, 0) is 21.4 Å². The normalized spacial score (nSPS) is 13.6. The zero-order chi connectivity index (χ0) is 16.0. The van der Waals surface area contributed by atoms with Crippen molar-refractivity contribution in [3.8, 4) is 0 Å². The van der Waals surface area contributed by atoms with E-state index in [-0.39, 0.29) is 12.5 Å². The maximum absolute atomic E-state index is 12.0. The second-order valence-electron chi connectivity index (χ2n) is 5.15. The molecule has 0 radical (unpaired) electrons. The molecule has 118 valence electrons. The third-order valence-electron chi connectivity index (χ3n) is 3.26. The van der Waals surface area contributed by atoms with Crippen LogP contribution in [0.25, 0.3) is 0 Å². The second kappa shape index (κ2) is 7.53. The number of hydrogen-bond acceptors (Lipinski definition) is 3. The Bertz CT molecular complexity index is 558. The van der Waals surface area contributed by atoms with Gasteiger partial charge >= 0.3 is 5.97 Å². The average Bonchev–Trinajstić information content (AvgIpc) is 2.43. The highest BCUT2D eigenvalue weighted by Crippen LogP contribution is 2.08. The Labute approximate surface area is 126 Å². The topological polar surface area (TPSA) is 86.7 Å². The summed E-state index contributed by atoms with van der Waals surface area (Å²) < 4.78 is 27.5. The molecule has 0 saturated carbocycles. The van der Waals surface area contributed by atoms with Gasteiger partial charge in [0.1, 0.15) is 6.04 Å². The van der Waals surface area contributed by atoms with E-state index in [9.17, 15) is 18.3 Å². The first-order chi connectivity index (χ1) is 9.74. The van der Waals surface area contributed by atoms with Crippen molar-refractivity contribution < 1.29 is 18.3 Å². The van der Waals surface area contributed by atoms with Crippen LogP contribution in [-0.4, -0.2) is 42.9 Å². The molecular weight excluding hydrogens is 292 g/mol. The monoisotopic (exact) mass is 314 g/mol. The average molecular weight is 314 g/mol. The predicted molar refractivity (Wildman–Crippen MR) is 81.1 cm³/mol. The van der Waals surface area contributed by atoms with Crippen LogP contribution in [0.2, 0.25) is 0 Å². The molecule has 1 atom stereocenters. The summed E-state index contributed by atoms with van der Waals surface area (Å²) in [6, 6.07) is 7.98. The summed E-state index contributed by atoms with van der Waals surface area (Å²) in [5.74, 6) is -1.17. The van der Waals surface area contributed by atoms with E-state index in [1.165, 1.54) is 7.05 Å². The van der Waals surface area contributed by atoms with Crippen molar-refractivity contribution in [2.24, 2.45) is 0 Å². The molecule has 0 aliphatic rings. The van der Waals surface area contributed by atoms with E-state index in [4.69, 9.17) is 0 Å². The molecule has 0 aromatic heterocycles. The largest absolute Gasteiger partial charge is 0.480 e. The molecule has 0 bridgehead atoms. The van der Waals surface area contributed by atoms with Crippen molar-refractivity contribution in [3.63, 3.8) is 0 Å². The quantitative estimate of drug-likeness (QED) is 0.756. The number of rotatable bonds is 8. The highest BCUT2D eigenvalue weighted by Gasteiger charge is 2.27. The standard InChI is InChI=1S/C14H22N2O4S/c1-11(2)16(3)21(19,20)15-13(14(17)18)10-9-12-7-5-4-6-8-12/h4-8,11,13,15H,9-10H2,1-3H3,(H,17,18). The highest BCUT2D eigenvalue weighted by atomic mass is 32.2. The molecule has 0 aliphatic heterocycles. The molecule has 2 N–H and O–H groups in total. The lowest BCUT2D eigenvalue weighted by Crippen LogP contribution is -2.49. The van der Waals surface area contributed by atoms with Crippen molar-refractivity contribution in [1.82, 2.24) is 9.03 Å². The predicted octanol–water partition coefficient (Wildman–Crippen LogP) is 1.25. The maximum Gasteiger partial charge on any atom is 0.321 e. The van der Waals surface area contributed by atoms with Gasteiger partial charge in [-0.2, -0.15) is 17.4 Å². The molecule has 7 heteroatoms. The Morgan fingerprint density at radius 2 is 1.86 bits per heavy atom. The molecular formula is C14H22N2O4S. The lowest BCUT2D eigenvalue weighted by molar-refractivity contribution is -0.139. The summed E-state index contributed by atoms with van der Waals surface area (Å²) in [6.07, 6.45) is 0.691. The van der Waals surface area contributed by atoms with E-state index in [2.05, 4.69) is 4.72 Å². The van der Waals surface area contributed by atoms with E-state index in [0.717, 1.165) is 9.87 Å². The number of nitrogens with one attached hydrogen (secondary N) is 1. The van der Waals surface area contributed by atoms with Gasteiger partial charge in [-0.05, 0) is 32.3 Å². The zero-order valence-corrected chi connectivity index (χ0v) is 13.3. The fraction of sp³-hybridized carbons (Fsp3) is 0.500. The number of benzene rings is 1. The van der Waals surface area contributed by atoms with E-state index >= 15 is 0 Å². The van der Waals surface area contributed by atoms with Crippen LogP contribution in [0.15, 0.2) is 30.3 Å². The first kappa shape index (κ1) is 17.6. The number of carbonyl (C=O) groups is 1.